The zero-order chi connectivity index (χ0) is 22.1. The quantitative estimate of drug-likeness (QED) is 0.430. The Bertz CT molecular complexity index is 939. The smallest absolute Gasteiger partial charge is 0.373 e. The molecule has 0 bridgehead atoms. The minimum absolute atomic E-state index is 0.0694. The van der Waals surface area contributed by atoms with Crippen molar-refractivity contribution in [2.75, 3.05) is 6.61 Å². The molecule has 0 unspecified atom stereocenters. The molecule has 0 amide bonds. The van der Waals surface area contributed by atoms with Gasteiger partial charge in [-0.05, 0) is 81.1 Å². The van der Waals surface area contributed by atoms with Gasteiger partial charge < -0.3 is 9.99 Å². The van der Waals surface area contributed by atoms with Crippen molar-refractivity contribution in [3.63, 3.8) is 0 Å². The second-order valence-electron chi connectivity index (χ2n) is 6.32. The number of rotatable bonds is 7. The fraction of sp³-hybridized carbons (Fsp3) is 0.318. The van der Waals surface area contributed by atoms with Gasteiger partial charge in [0.05, 0.1) is 13.2 Å². The number of carbonyl (C=O) groups excluding carboxylic acids is 4. The number of aryl methyl sites for hydroxylation is 1. The van der Waals surface area contributed by atoms with Crippen LogP contribution in [0.1, 0.15) is 58.2 Å². The Labute approximate surface area is 169 Å². The lowest BCUT2D eigenvalue weighted by molar-refractivity contribution is -0.202. The summed E-state index contributed by atoms with van der Waals surface area (Å²) >= 11 is 0. The lowest BCUT2D eigenvalue weighted by Gasteiger charge is -2.18. The Balaban J connectivity index is 0.00000132. The highest BCUT2D eigenvalue weighted by Gasteiger charge is 2.19. The van der Waals surface area contributed by atoms with Crippen molar-refractivity contribution in [1.29, 1.82) is 0 Å². The monoisotopic (exact) mass is 400 g/mol. The third-order valence-corrected chi connectivity index (χ3v) is 4.32. The third kappa shape index (κ3) is 5.93. The van der Waals surface area contributed by atoms with Crippen LogP contribution in [0.15, 0.2) is 24.3 Å². The zero-order valence-electron chi connectivity index (χ0n) is 17.1. The van der Waals surface area contributed by atoms with E-state index in [9.17, 15) is 14.7 Å². The molecule has 0 aromatic heterocycles. The molecule has 0 aliphatic heterocycles. The Morgan fingerprint density at radius 3 is 1.97 bits per heavy atom. The van der Waals surface area contributed by atoms with E-state index in [-0.39, 0.29) is 24.3 Å². The molecule has 2 rings (SSSR count). The standard InChI is InChI=1S/C21H24O5.CO2/c1-6-25-26-21-12(2)7-16(14(4)23)10-20(21)19-9-17(15(5)24)8-18(11-22)13(19)3;2-1-3/h7-10,22H,6,11H2,1-5H3;. The first-order valence-electron chi connectivity index (χ1n) is 8.91. The number of ketones is 2. The fourth-order valence-electron chi connectivity index (χ4n) is 2.83. The summed E-state index contributed by atoms with van der Waals surface area (Å²) in [6.07, 6.45) is 0.250. The summed E-state index contributed by atoms with van der Waals surface area (Å²) in [6, 6.07) is 6.93. The van der Waals surface area contributed by atoms with Gasteiger partial charge in [-0.3, -0.25) is 9.59 Å². The number of hydrogen-bond donors (Lipinski definition) is 1. The maximum absolute atomic E-state index is 11.9. The summed E-state index contributed by atoms with van der Waals surface area (Å²) in [7, 11) is 0. The van der Waals surface area contributed by atoms with Crippen LogP contribution in [0.4, 0.5) is 0 Å². The molecule has 29 heavy (non-hydrogen) atoms. The van der Waals surface area contributed by atoms with Crippen LogP contribution in [0.3, 0.4) is 0 Å². The normalized spacial score (nSPS) is 9.86. The van der Waals surface area contributed by atoms with E-state index < -0.39 is 0 Å². The molecule has 0 atom stereocenters. The molecule has 154 valence electrons. The van der Waals surface area contributed by atoms with E-state index in [1.165, 1.54) is 13.8 Å². The predicted octanol–water partition coefficient (Wildman–Crippen LogP) is 3.61. The molecule has 0 spiro atoms. The van der Waals surface area contributed by atoms with Crippen LogP contribution in [-0.4, -0.2) is 29.4 Å². The van der Waals surface area contributed by atoms with E-state index >= 15 is 0 Å². The van der Waals surface area contributed by atoms with Gasteiger partial charge in [-0.2, -0.15) is 14.5 Å². The molecule has 0 saturated heterocycles. The van der Waals surface area contributed by atoms with Crippen LogP contribution in [0.25, 0.3) is 11.1 Å². The van der Waals surface area contributed by atoms with Crippen molar-refractivity contribution in [3.05, 3.63) is 52.1 Å². The van der Waals surface area contributed by atoms with Crippen LogP contribution in [0.2, 0.25) is 0 Å². The summed E-state index contributed by atoms with van der Waals surface area (Å²) in [5, 5.41) is 9.68. The molecule has 7 heteroatoms. The Kier molecular flexibility index (Phi) is 9.09. The van der Waals surface area contributed by atoms with Crippen LogP contribution in [-0.2, 0) is 21.1 Å². The van der Waals surface area contributed by atoms with Gasteiger partial charge in [-0.1, -0.05) is 0 Å². The topological polar surface area (TPSA) is 107 Å². The first kappa shape index (κ1) is 23.9. The fourth-order valence-corrected chi connectivity index (χ4v) is 2.83. The van der Waals surface area contributed by atoms with E-state index in [1.807, 2.05) is 20.8 Å². The van der Waals surface area contributed by atoms with Crippen molar-refractivity contribution in [1.82, 2.24) is 0 Å². The molecule has 1 N–H and O–H groups in total. The van der Waals surface area contributed by atoms with Crippen LogP contribution < -0.4 is 4.89 Å². The molecule has 0 fully saturated rings. The first-order valence-corrected chi connectivity index (χ1v) is 8.91. The predicted molar refractivity (Wildman–Crippen MR) is 105 cm³/mol. The van der Waals surface area contributed by atoms with Gasteiger partial charge in [-0.15, -0.1) is 0 Å². The molecular formula is C22H24O7. The third-order valence-electron chi connectivity index (χ3n) is 4.32. The lowest BCUT2D eigenvalue weighted by atomic mass is 9.90. The van der Waals surface area contributed by atoms with Crippen molar-refractivity contribution in [2.24, 2.45) is 0 Å². The SMILES string of the molecule is CCOOc1c(C)cc(C(C)=O)cc1-c1cc(C(C)=O)cc(CO)c1C.O=C=O. The highest BCUT2D eigenvalue weighted by Crippen LogP contribution is 2.38. The summed E-state index contributed by atoms with van der Waals surface area (Å²) in [4.78, 5) is 50.7. The highest BCUT2D eigenvalue weighted by molar-refractivity contribution is 5.98. The molecule has 7 nitrogen and oxygen atoms in total. The second kappa shape index (κ2) is 11.0. The van der Waals surface area contributed by atoms with Crippen molar-refractivity contribution >= 4 is 17.7 Å². The Morgan fingerprint density at radius 2 is 1.48 bits per heavy atom. The van der Waals surface area contributed by atoms with Crippen molar-refractivity contribution < 1.29 is 34.1 Å². The van der Waals surface area contributed by atoms with E-state index in [2.05, 4.69) is 0 Å². The van der Waals surface area contributed by atoms with Gasteiger partial charge in [0, 0.05) is 16.7 Å². The summed E-state index contributed by atoms with van der Waals surface area (Å²) in [6.45, 7) is 8.66. The number of benzene rings is 2. The molecule has 0 radical (unpaired) electrons. The van der Waals surface area contributed by atoms with E-state index in [1.54, 1.807) is 24.3 Å². The van der Waals surface area contributed by atoms with Gasteiger partial charge in [0.1, 0.15) is 0 Å². The summed E-state index contributed by atoms with van der Waals surface area (Å²) in [5.41, 5.74) is 4.63. The maximum atomic E-state index is 11.9. The summed E-state index contributed by atoms with van der Waals surface area (Å²) < 4.78 is 0. The van der Waals surface area contributed by atoms with Gasteiger partial charge in [0.2, 0.25) is 0 Å². The molecule has 2 aromatic carbocycles. The lowest BCUT2D eigenvalue weighted by Crippen LogP contribution is -2.05. The first-order chi connectivity index (χ1) is 13.7. The van der Waals surface area contributed by atoms with Gasteiger partial charge in [0.25, 0.3) is 0 Å². The number of Topliss-reactive ketones (excluding diaryl/α,β-unsaturated/α-hetero) is 2. The Hall–Kier alpha value is -3.12. The van der Waals surface area contributed by atoms with Crippen LogP contribution in [0.5, 0.6) is 5.75 Å². The molecule has 0 aliphatic rings. The molecule has 0 aliphatic carbocycles. The second-order valence-corrected chi connectivity index (χ2v) is 6.32. The van der Waals surface area contributed by atoms with Gasteiger partial charge in [-0.25, -0.2) is 0 Å². The summed E-state index contributed by atoms with van der Waals surface area (Å²) in [5.74, 6) is 0.317. The average molecular weight is 400 g/mol. The zero-order valence-corrected chi connectivity index (χ0v) is 17.1. The number of hydrogen-bond acceptors (Lipinski definition) is 7. The largest absolute Gasteiger partial charge is 0.392 e. The minimum atomic E-state index is -0.188. The van der Waals surface area contributed by atoms with Crippen LogP contribution >= 0.6 is 0 Å². The van der Waals surface area contributed by atoms with E-state index in [0.29, 0.717) is 34.6 Å². The molecule has 0 saturated carbocycles. The highest BCUT2D eigenvalue weighted by atomic mass is 17.2. The van der Waals surface area contributed by atoms with Crippen molar-refractivity contribution in [3.8, 4) is 16.9 Å². The number of aliphatic hydroxyl groups excluding tert-OH is 1. The number of carbonyl (C=O) groups is 2. The molecular weight excluding hydrogens is 376 g/mol. The molecule has 2 aromatic rings. The van der Waals surface area contributed by atoms with Crippen LogP contribution in [0, 0.1) is 13.8 Å². The van der Waals surface area contributed by atoms with E-state index in [0.717, 1.165) is 16.7 Å². The average Bonchev–Trinajstić information content (AvgIpc) is 2.67. The molecule has 0 heterocycles. The van der Waals surface area contributed by atoms with E-state index in [4.69, 9.17) is 19.4 Å². The van der Waals surface area contributed by atoms with Gasteiger partial charge in [0.15, 0.2) is 17.3 Å². The number of aliphatic hydroxyl groups is 1. The minimum Gasteiger partial charge on any atom is -0.392 e. The van der Waals surface area contributed by atoms with Gasteiger partial charge >= 0.3 is 6.15 Å². The maximum Gasteiger partial charge on any atom is 0.373 e. The Morgan fingerprint density at radius 1 is 0.966 bits per heavy atom. The van der Waals surface area contributed by atoms with Crippen molar-refractivity contribution in [2.45, 2.75) is 41.2 Å².